The average Bonchev–Trinajstić information content (AvgIpc) is 3.46. The van der Waals surface area contributed by atoms with Gasteiger partial charge in [0.05, 0.1) is 12.2 Å². The SMILES string of the molecule is CCCCOC(=O)N1CCN(C(=O)[C@@H](NC(=O)c2cc(N3C[C@@H]4C(OC(=O)O)[C@@H]4C3)nc(-c3cccc(C(F)(F)F)c3)n2)C(C)C)CC1. The number of hydrogen-bond donors (Lipinski definition) is 2. The van der Waals surface area contributed by atoms with Gasteiger partial charge in [-0.3, -0.25) is 9.59 Å². The number of anilines is 1. The van der Waals surface area contributed by atoms with Crippen LogP contribution in [0.5, 0.6) is 0 Å². The van der Waals surface area contributed by atoms with E-state index in [1.54, 1.807) is 23.6 Å². The third-order valence-electron chi connectivity index (χ3n) is 8.86. The van der Waals surface area contributed by atoms with Gasteiger partial charge in [0.15, 0.2) is 5.82 Å². The summed E-state index contributed by atoms with van der Waals surface area (Å²) < 4.78 is 50.8. The molecular weight excluding hydrogens is 637 g/mol. The minimum absolute atomic E-state index is 0.0414. The number of rotatable bonds is 10. The second-order valence-corrected chi connectivity index (χ2v) is 12.6. The minimum Gasteiger partial charge on any atom is -0.450 e. The van der Waals surface area contributed by atoms with Crippen molar-refractivity contribution in [1.82, 2.24) is 25.1 Å². The number of piperazine rings is 1. The second kappa shape index (κ2) is 14.2. The Morgan fingerprint density at radius 2 is 1.69 bits per heavy atom. The van der Waals surface area contributed by atoms with Gasteiger partial charge in [-0.2, -0.15) is 13.2 Å². The molecule has 1 aromatic carbocycles. The molecule has 3 aliphatic rings. The highest BCUT2D eigenvalue weighted by molar-refractivity contribution is 5.97. The van der Waals surface area contributed by atoms with Crippen LogP contribution in [0.15, 0.2) is 30.3 Å². The predicted octanol–water partition coefficient (Wildman–Crippen LogP) is 4.13. The van der Waals surface area contributed by atoms with Gasteiger partial charge in [0.1, 0.15) is 23.7 Å². The highest BCUT2D eigenvalue weighted by Crippen LogP contribution is 2.49. The van der Waals surface area contributed by atoms with E-state index in [4.69, 9.17) is 14.6 Å². The molecule has 1 aromatic heterocycles. The lowest BCUT2D eigenvalue weighted by Crippen LogP contribution is -2.57. The first kappa shape index (κ1) is 34.7. The van der Waals surface area contributed by atoms with Crippen LogP contribution in [-0.4, -0.2) is 107 Å². The summed E-state index contributed by atoms with van der Waals surface area (Å²) in [4.78, 5) is 64.4. The van der Waals surface area contributed by atoms with Gasteiger partial charge in [-0.1, -0.05) is 39.3 Å². The minimum atomic E-state index is -4.62. The molecule has 2 saturated heterocycles. The van der Waals surface area contributed by atoms with Crippen LogP contribution in [0.3, 0.4) is 0 Å². The quantitative estimate of drug-likeness (QED) is 0.277. The van der Waals surface area contributed by atoms with Crippen molar-refractivity contribution in [2.45, 2.75) is 51.9 Å². The van der Waals surface area contributed by atoms with Gasteiger partial charge >= 0.3 is 18.4 Å². The molecule has 4 atom stereocenters. The number of fused-ring (bicyclic) bond motifs is 1. The van der Waals surface area contributed by atoms with Crippen molar-refractivity contribution in [2.24, 2.45) is 17.8 Å². The molecule has 2 aliphatic heterocycles. The molecular formula is C32H39F3N6O7. The fraction of sp³-hybridized carbons (Fsp3) is 0.562. The molecule has 1 saturated carbocycles. The molecule has 0 bridgehead atoms. The first-order valence-corrected chi connectivity index (χ1v) is 16.0. The number of nitrogens with zero attached hydrogens (tertiary/aromatic N) is 5. The molecule has 1 aliphatic carbocycles. The predicted molar refractivity (Wildman–Crippen MR) is 165 cm³/mol. The molecule has 3 fully saturated rings. The van der Waals surface area contributed by atoms with E-state index in [1.807, 2.05) is 11.8 Å². The Morgan fingerprint density at radius 3 is 2.29 bits per heavy atom. The topological polar surface area (TPSA) is 154 Å². The van der Waals surface area contributed by atoms with Crippen LogP contribution in [0.1, 0.15) is 49.7 Å². The van der Waals surface area contributed by atoms with Crippen molar-refractivity contribution in [3.63, 3.8) is 0 Å². The van der Waals surface area contributed by atoms with Gasteiger partial charge in [-0.05, 0) is 24.5 Å². The molecule has 0 radical (unpaired) electrons. The number of benzene rings is 1. The third-order valence-corrected chi connectivity index (χ3v) is 8.86. The van der Waals surface area contributed by atoms with Crippen LogP contribution in [-0.2, 0) is 20.4 Å². The summed E-state index contributed by atoms with van der Waals surface area (Å²) >= 11 is 0. The maximum atomic E-state index is 13.7. The number of carbonyl (C=O) groups is 4. The first-order chi connectivity index (χ1) is 22.8. The molecule has 5 rings (SSSR count). The lowest BCUT2D eigenvalue weighted by Gasteiger charge is -2.36. The number of aromatic nitrogens is 2. The number of amides is 3. The number of halogens is 3. The van der Waals surface area contributed by atoms with E-state index in [-0.39, 0.29) is 72.7 Å². The molecule has 2 N–H and O–H groups in total. The molecule has 13 nitrogen and oxygen atoms in total. The number of carboxylic acid groups (broad SMARTS) is 1. The van der Waals surface area contributed by atoms with Gasteiger partial charge < -0.3 is 34.6 Å². The normalized spacial score (nSPS) is 21.1. The zero-order valence-electron chi connectivity index (χ0n) is 26.9. The monoisotopic (exact) mass is 676 g/mol. The van der Waals surface area contributed by atoms with E-state index in [0.29, 0.717) is 19.7 Å². The summed E-state index contributed by atoms with van der Waals surface area (Å²) in [5.41, 5.74) is -1.01. The van der Waals surface area contributed by atoms with Crippen molar-refractivity contribution in [1.29, 1.82) is 0 Å². The zero-order chi connectivity index (χ0) is 34.7. The van der Waals surface area contributed by atoms with Gasteiger partial charge in [-0.25, -0.2) is 19.6 Å². The number of unbranched alkanes of at least 4 members (excludes halogenated alkanes) is 1. The van der Waals surface area contributed by atoms with Gasteiger partial charge in [0, 0.05) is 62.7 Å². The molecule has 0 spiro atoms. The van der Waals surface area contributed by atoms with Crippen LogP contribution in [0, 0.1) is 17.8 Å². The van der Waals surface area contributed by atoms with E-state index in [2.05, 4.69) is 15.3 Å². The molecule has 3 amide bonds. The second-order valence-electron chi connectivity index (χ2n) is 12.6. The third kappa shape index (κ3) is 7.90. The summed E-state index contributed by atoms with van der Waals surface area (Å²) in [7, 11) is 0. The summed E-state index contributed by atoms with van der Waals surface area (Å²) in [6.45, 7) is 7.67. The van der Waals surface area contributed by atoms with E-state index in [9.17, 15) is 32.3 Å². The number of ether oxygens (including phenoxy) is 2. The maximum absolute atomic E-state index is 13.7. The fourth-order valence-corrected chi connectivity index (χ4v) is 6.06. The Labute approximate surface area is 275 Å². The van der Waals surface area contributed by atoms with E-state index >= 15 is 0 Å². The molecule has 1 unspecified atom stereocenters. The van der Waals surface area contributed by atoms with Crippen molar-refractivity contribution in [3.8, 4) is 11.4 Å². The maximum Gasteiger partial charge on any atom is 0.506 e. The number of hydrogen-bond acceptors (Lipinski definition) is 9. The fourth-order valence-electron chi connectivity index (χ4n) is 6.06. The lowest BCUT2D eigenvalue weighted by molar-refractivity contribution is -0.137. The Bertz CT molecular complexity index is 1520. The van der Waals surface area contributed by atoms with Crippen molar-refractivity contribution < 1.29 is 46.9 Å². The molecule has 16 heteroatoms. The number of carbonyl (C=O) groups excluding carboxylic acids is 3. The van der Waals surface area contributed by atoms with Crippen LogP contribution in [0.2, 0.25) is 0 Å². The summed E-state index contributed by atoms with van der Waals surface area (Å²) in [5, 5.41) is 11.7. The van der Waals surface area contributed by atoms with E-state index < -0.39 is 42.0 Å². The summed E-state index contributed by atoms with van der Waals surface area (Å²) in [5.74, 6) is -1.38. The lowest BCUT2D eigenvalue weighted by atomic mass is 10.0. The Morgan fingerprint density at radius 1 is 1.02 bits per heavy atom. The van der Waals surface area contributed by atoms with Gasteiger partial charge in [0.2, 0.25) is 5.91 Å². The van der Waals surface area contributed by atoms with Crippen LogP contribution in [0.25, 0.3) is 11.4 Å². The molecule has 3 heterocycles. The first-order valence-electron chi connectivity index (χ1n) is 16.0. The molecule has 2 aromatic rings. The van der Waals surface area contributed by atoms with Gasteiger partial charge in [-0.15, -0.1) is 0 Å². The standard InChI is InChI=1S/C32H39F3N6O7/c1-4-5-13-47-30(44)40-11-9-39(10-12-40)29(43)25(18(2)3)38-28(42)23-15-24(41-16-21-22(17-41)26(21)48-31(45)46)37-27(36-23)19-7-6-8-20(14-19)32(33,34)35/h6-8,14-15,18,21-22,25-26H,4-5,9-13,16-17H2,1-3H3,(H,38,42)(H,45,46)/t21-,22+,25-,26?/m0/s1. The van der Waals surface area contributed by atoms with Gasteiger partial charge in [0.25, 0.3) is 5.91 Å². The van der Waals surface area contributed by atoms with E-state index in [0.717, 1.165) is 25.0 Å². The number of alkyl halides is 3. The Kier molecular flexibility index (Phi) is 10.3. The number of nitrogens with one attached hydrogen (secondary N) is 1. The van der Waals surface area contributed by atoms with Crippen molar-refractivity contribution in [3.05, 3.63) is 41.6 Å². The molecule has 48 heavy (non-hydrogen) atoms. The summed E-state index contributed by atoms with van der Waals surface area (Å²) in [6.07, 6.45) is -5.20. The Hall–Kier alpha value is -4.63. The number of piperidine rings is 1. The smallest absolute Gasteiger partial charge is 0.450 e. The van der Waals surface area contributed by atoms with Crippen molar-refractivity contribution in [2.75, 3.05) is 50.8 Å². The van der Waals surface area contributed by atoms with Crippen LogP contribution in [0.4, 0.5) is 28.6 Å². The van der Waals surface area contributed by atoms with E-state index in [1.165, 1.54) is 18.2 Å². The highest BCUT2D eigenvalue weighted by atomic mass is 19.4. The zero-order valence-corrected chi connectivity index (χ0v) is 26.9. The van der Waals surface area contributed by atoms with Crippen LogP contribution < -0.4 is 10.2 Å². The molecule has 260 valence electrons. The average molecular weight is 677 g/mol. The van der Waals surface area contributed by atoms with Crippen LogP contribution >= 0.6 is 0 Å². The van der Waals surface area contributed by atoms with Crippen molar-refractivity contribution >= 4 is 29.9 Å². The highest BCUT2D eigenvalue weighted by Gasteiger charge is 2.59. The largest absolute Gasteiger partial charge is 0.506 e. The Balaban J connectivity index is 1.34. The summed E-state index contributed by atoms with van der Waals surface area (Å²) in [6, 6.07) is 4.92.